The van der Waals surface area contributed by atoms with Gasteiger partial charge in [0.05, 0.1) is 12.8 Å². The van der Waals surface area contributed by atoms with E-state index in [-0.39, 0.29) is 10.9 Å². The molecule has 156 valence electrons. The predicted octanol–water partition coefficient (Wildman–Crippen LogP) is 3.82. The number of furan rings is 1. The standard InChI is InChI=1S/C19H21F3N4O2S/c20-19(21,22)28-15-5-3-4-14(12-15)17-7-6-16(27-17)13-24-26(18(23)29)11-10-25-8-1-2-9-25/h3-7,12-13H,1-2,8-11H2,(H2,23,29). The summed E-state index contributed by atoms with van der Waals surface area (Å²) in [5, 5.41) is 5.95. The van der Waals surface area contributed by atoms with Gasteiger partial charge >= 0.3 is 6.36 Å². The summed E-state index contributed by atoms with van der Waals surface area (Å²) < 4.78 is 46.8. The Bertz CT molecular complexity index is 863. The highest BCUT2D eigenvalue weighted by Crippen LogP contribution is 2.28. The van der Waals surface area contributed by atoms with Crippen molar-refractivity contribution >= 4 is 23.5 Å². The maximum absolute atomic E-state index is 12.4. The fraction of sp³-hybridized carbons (Fsp3) is 0.368. The minimum Gasteiger partial charge on any atom is -0.455 e. The van der Waals surface area contributed by atoms with Crippen LogP contribution in [-0.4, -0.2) is 53.8 Å². The molecular formula is C19H21F3N4O2S. The molecule has 0 atom stereocenters. The Balaban J connectivity index is 1.65. The van der Waals surface area contributed by atoms with Gasteiger partial charge in [-0.15, -0.1) is 13.2 Å². The summed E-state index contributed by atoms with van der Waals surface area (Å²) in [5.41, 5.74) is 6.19. The summed E-state index contributed by atoms with van der Waals surface area (Å²) >= 11 is 5.05. The van der Waals surface area contributed by atoms with Gasteiger partial charge in [-0.2, -0.15) is 5.10 Å². The first-order chi connectivity index (χ1) is 13.8. The molecule has 2 N–H and O–H groups in total. The number of ether oxygens (including phenoxy) is 1. The number of nitrogens with zero attached hydrogens (tertiary/aromatic N) is 3. The summed E-state index contributed by atoms with van der Waals surface area (Å²) in [6.07, 6.45) is -0.886. The van der Waals surface area contributed by atoms with Crippen molar-refractivity contribution in [2.24, 2.45) is 10.8 Å². The van der Waals surface area contributed by atoms with Crippen LogP contribution in [0, 0.1) is 0 Å². The largest absolute Gasteiger partial charge is 0.573 e. The number of hydrazone groups is 1. The zero-order valence-corrected chi connectivity index (χ0v) is 16.4. The van der Waals surface area contributed by atoms with Crippen molar-refractivity contribution in [3.8, 4) is 17.1 Å². The van der Waals surface area contributed by atoms with Crippen molar-refractivity contribution < 1.29 is 22.3 Å². The number of likely N-dealkylation sites (tertiary alicyclic amines) is 1. The number of thiocarbonyl (C=S) groups is 1. The van der Waals surface area contributed by atoms with Gasteiger partial charge in [-0.3, -0.25) is 0 Å². The van der Waals surface area contributed by atoms with E-state index in [9.17, 15) is 13.2 Å². The Kier molecular flexibility index (Phi) is 6.75. The predicted molar refractivity (Wildman–Crippen MR) is 108 cm³/mol. The van der Waals surface area contributed by atoms with Gasteiger partial charge in [0, 0.05) is 12.1 Å². The number of benzene rings is 1. The Labute approximate surface area is 171 Å². The average Bonchev–Trinajstić information content (AvgIpc) is 3.32. The van der Waals surface area contributed by atoms with Gasteiger partial charge in [-0.25, -0.2) is 5.01 Å². The molecule has 0 saturated carbocycles. The summed E-state index contributed by atoms with van der Waals surface area (Å²) in [6, 6.07) is 8.87. The second-order valence-corrected chi connectivity index (χ2v) is 6.95. The zero-order chi connectivity index (χ0) is 20.9. The molecule has 2 aromatic rings. The summed E-state index contributed by atoms with van der Waals surface area (Å²) in [6.45, 7) is 3.50. The van der Waals surface area contributed by atoms with E-state index in [1.165, 1.54) is 42.3 Å². The van der Waals surface area contributed by atoms with E-state index in [0.717, 1.165) is 19.6 Å². The molecule has 0 unspecified atom stereocenters. The van der Waals surface area contributed by atoms with Gasteiger partial charge in [-0.05, 0) is 62.4 Å². The lowest BCUT2D eigenvalue weighted by atomic mass is 10.2. The molecule has 2 heterocycles. The second-order valence-electron chi connectivity index (χ2n) is 6.53. The van der Waals surface area contributed by atoms with E-state index >= 15 is 0 Å². The van der Waals surface area contributed by atoms with Gasteiger partial charge in [0.25, 0.3) is 0 Å². The molecule has 0 amide bonds. The van der Waals surface area contributed by atoms with Crippen LogP contribution in [-0.2, 0) is 0 Å². The number of rotatable bonds is 7. The first-order valence-electron chi connectivity index (χ1n) is 9.09. The van der Waals surface area contributed by atoms with Crippen LogP contribution in [0.5, 0.6) is 5.75 Å². The molecule has 0 spiro atoms. The highest BCUT2D eigenvalue weighted by molar-refractivity contribution is 7.80. The van der Waals surface area contributed by atoms with E-state index < -0.39 is 6.36 Å². The van der Waals surface area contributed by atoms with Gasteiger partial charge in [0.2, 0.25) is 0 Å². The first-order valence-corrected chi connectivity index (χ1v) is 9.50. The number of nitrogens with two attached hydrogens (primary N) is 1. The number of hydrogen-bond acceptors (Lipinski definition) is 5. The summed E-state index contributed by atoms with van der Waals surface area (Å²) in [7, 11) is 0. The number of alkyl halides is 3. The first kappa shape index (κ1) is 21.1. The van der Waals surface area contributed by atoms with E-state index in [2.05, 4.69) is 14.7 Å². The van der Waals surface area contributed by atoms with E-state index in [1.807, 2.05) is 0 Å². The van der Waals surface area contributed by atoms with Crippen molar-refractivity contribution in [3.63, 3.8) is 0 Å². The molecule has 1 aliphatic rings. The lowest BCUT2D eigenvalue weighted by molar-refractivity contribution is -0.274. The third-order valence-electron chi connectivity index (χ3n) is 4.38. The molecule has 0 aliphatic carbocycles. The third-order valence-corrected chi connectivity index (χ3v) is 4.60. The van der Waals surface area contributed by atoms with Crippen molar-refractivity contribution in [1.29, 1.82) is 0 Å². The van der Waals surface area contributed by atoms with E-state index in [0.29, 0.717) is 23.6 Å². The van der Waals surface area contributed by atoms with Crippen LogP contribution in [0.4, 0.5) is 13.2 Å². The fourth-order valence-corrected chi connectivity index (χ4v) is 3.16. The lowest BCUT2D eigenvalue weighted by Crippen LogP contribution is -2.37. The maximum atomic E-state index is 12.4. The topological polar surface area (TPSA) is 67.2 Å². The molecule has 3 rings (SSSR count). The Morgan fingerprint density at radius 1 is 1.28 bits per heavy atom. The van der Waals surface area contributed by atoms with Crippen LogP contribution in [0.25, 0.3) is 11.3 Å². The summed E-state index contributed by atoms with van der Waals surface area (Å²) in [5.74, 6) is 0.491. The Morgan fingerprint density at radius 2 is 2.03 bits per heavy atom. The van der Waals surface area contributed by atoms with Crippen LogP contribution in [0.1, 0.15) is 18.6 Å². The molecule has 1 aliphatic heterocycles. The Hall–Kier alpha value is -2.59. The number of hydrogen-bond donors (Lipinski definition) is 1. The normalized spacial score (nSPS) is 15.1. The molecular weight excluding hydrogens is 405 g/mol. The van der Waals surface area contributed by atoms with Crippen molar-refractivity contribution in [1.82, 2.24) is 9.91 Å². The van der Waals surface area contributed by atoms with Crippen LogP contribution in [0.3, 0.4) is 0 Å². The van der Waals surface area contributed by atoms with Crippen molar-refractivity contribution in [2.45, 2.75) is 19.2 Å². The van der Waals surface area contributed by atoms with E-state index in [1.54, 1.807) is 18.2 Å². The molecule has 6 nitrogen and oxygen atoms in total. The zero-order valence-electron chi connectivity index (χ0n) is 15.6. The van der Waals surface area contributed by atoms with Gasteiger partial charge in [0.1, 0.15) is 17.3 Å². The fourth-order valence-electron chi connectivity index (χ4n) is 3.02. The number of halogens is 3. The van der Waals surface area contributed by atoms with Crippen LogP contribution < -0.4 is 10.5 Å². The van der Waals surface area contributed by atoms with Crippen molar-refractivity contribution in [2.75, 3.05) is 26.2 Å². The van der Waals surface area contributed by atoms with Crippen LogP contribution in [0.15, 0.2) is 45.9 Å². The Morgan fingerprint density at radius 3 is 2.72 bits per heavy atom. The average molecular weight is 426 g/mol. The SMILES string of the molecule is NC(=S)N(CCN1CCCC1)N=Cc1ccc(-c2cccc(OC(F)(F)F)c2)o1. The molecule has 1 aromatic carbocycles. The van der Waals surface area contributed by atoms with Gasteiger partial charge < -0.3 is 19.8 Å². The summed E-state index contributed by atoms with van der Waals surface area (Å²) in [4.78, 5) is 2.32. The van der Waals surface area contributed by atoms with Crippen LogP contribution >= 0.6 is 12.2 Å². The monoisotopic (exact) mass is 426 g/mol. The van der Waals surface area contributed by atoms with Gasteiger partial charge in [0.15, 0.2) is 5.11 Å². The maximum Gasteiger partial charge on any atom is 0.573 e. The smallest absolute Gasteiger partial charge is 0.455 e. The highest BCUT2D eigenvalue weighted by atomic mass is 32.1. The molecule has 1 saturated heterocycles. The minimum atomic E-state index is -4.75. The quantitative estimate of drug-likeness (QED) is 0.413. The molecule has 0 bridgehead atoms. The van der Waals surface area contributed by atoms with E-state index in [4.69, 9.17) is 22.4 Å². The molecule has 10 heteroatoms. The third kappa shape index (κ3) is 6.47. The lowest BCUT2D eigenvalue weighted by Gasteiger charge is -2.20. The van der Waals surface area contributed by atoms with Gasteiger partial charge in [-0.1, -0.05) is 12.1 Å². The molecule has 29 heavy (non-hydrogen) atoms. The molecule has 1 fully saturated rings. The minimum absolute atomic E-state index is 0.157. The second kappa shape index (κ2) is 9.27. The highest BCUT2D eigenvalue weighted by Gasteiger charge is 2.31. The van der Waals surface area contributed by atoms with Crippen LogP contribution in [0.2, 0.25) is 0 Å². The van der Waals surface area contributed by atoms with Crippen molar-refractivity contribution in [3.05, 3.63) is 42.2 Å². The molecule has 0 radical (unpaired) electrons. The molecule has 1 aromatic heterocycles.